The smallest absolute Gasteiger partial charge is 0.305 e. The van der Waals surface area contributed by atoms with Crippen LogP contribution in [0.2, 0.25) is 0 Å². The van der Waals surface area contributed by atoms with Crippen LogP contribution in [-0.4, -0.2) is 47.4 Å². The molecule has 0 saturated carbocycles. The van der Waals surface area contributed by atoms with E-state index >= 15 is 0 Å². The number of unbranched alkanes of at least 4 members (excludes halogenated alkanes) is 59. The maximum absolute atomic E-state index is 12.4. The predicted molar refractivity (Wildman–Crippen MR) is 352 cm³/mol. The summed E-state index contributed by atoms with van der Waals surface area (Å²) < 4.78 is 5.52. The summed E-state index contributed by atoms with van der Waals surface area (Å²) >= 11 is 0. The number of hydrogen-bond acceptors (Lipinski definition) is 5. The van der Waals surface area contributed by atoms with Crippen molar-refractivity contribution in [2.45, 2.75) is 437 Å². The van der Waals surface area contributed by atoms with E-state index in [0.717, 1.165) is 38.5 Å². The molecular weight excluding hydrogens is 983 g/mol. The van der Waals surface area contributed by atoms with Crippen LogP contribution in [0.3, 0.4) is 0 Å². The highest BCUT2D eigenvalue weighted by molar-refractivity contribution is 5.76. The molecule has 0 saturated heterocycles. The first-order valence-corrected chi connectivity index (χ1v) is 37.0. The minimum absolute atomic E-state index is 0.0281. The number of hydrogen-bond donors (Lipinski definition) is 3. The Kier molecular flexibility index (Phi) is 68.9. The molecule has 1 amide bonds. The quantitative estimate of drug-likeness (QED) is 0.0320. The number of allylic oxidation sites excluding steroid dienone is 1. The number of ether oxygens (including phenoxy) is 1. The first-order chi connectivity index (χ1) is 39.5. The molecule has 0 spiro atoms. The summed E-state index contributed by atoms with van der Waals surface area (Å²) in [4.78, 5) is 24.5. The SMILES string of the molecule is CCCCCCCCC/C=C/C(O)C(CO)NC(=O)CCCCCCCCCCCCCCCCCCCCCCCCCCCCCCCCCCCCCOC(=O)CCCCCCCCCCCCCCCCCCCCC. The molecule has 3 N–H and O–H groups in total. The van der Waals surface area contributed by atoms with Gasteiger partial charge in [0.2, 0.25) is 5.91 Å². The second kappa shape index (κ2) is 70.1. The van der Waals surface area contributed by atoms with E-state index in [1.165, 1.54) is 360 Å². The fourth-order valence-electron chi connectivity index (χ4n) is 11.9. The lowest BCUT2D eigenvalue weighted by Gasteiger charge is -2.20. The Morgan fingerprint density at radius 3 is 0.850 bits per heavy atom. The van der Waals surface area contributed by atoms with Crippen LogP contribution >= 0.6 is 0 Å². The summed E-state index contributed by atoms with van der Waals surface area (Å²) in [5, 5.41) is 23.0. The van der Waals surface area contributed by atoms with Crippen LogP contribution in [0.1, 0.15) is 425 Å². The Bertz CT molecular complexity index is 1210. The van der Waals surface area contributed by atoms with Gasteiger partial charge in [0.15, 0.2) is 0 Å². The molecule has 476 valence electrons. The van der Waals surface area contributed by atoms with Gasteiger partial charge in [0.25, 0.3) is 0 Å². The number of carbonyl (C=O) groups excluding carboxylic acids is 2. The van der Waals surface area contributed by atoms with Gasteiger partial charge in [0.1, 0.15) is 0 Å². The molecule has 2 atom stereocenters. The molecule has 0 aliphatic heterocycles. The lowest BCUT2D eigenvalue weighted by molar-refractivity contribution is -0.143. The average molecular weight is 1130 g/mol. The highest BCUT2D eigenvalue weighted by Crippen LogP contribution is 2.20. The predicted octanol–water partition coefficient (Wildman–Crippen LogP) is 23.9. The number of aliphatic hydroxyl groups excluding tert-OH is 2. The molecule has 0 bridgehead atoms. The second-order valence-corrected chi connectivity index (χ2v) is 25.6. The summed E-state index contributed by atoms with van der Waals surface area (Å²) in [5.74, 6) is -0.0352. The molecule has 0 aliphatic carbocycles. The van der Waals surface area contributed by atoms with Gasteiger partial charge < -0.3 is 20.3 Å². The van der Waals surface area contributed by atoms with Gasteiger partial charge in [0, 0.05) is 12.8 Å². The number of esters is 1. The lowest BCUT2D eigenvalue weighted by Crippen LogP contribution is -2.45. The van der Waals surface area contributed by atoms with Crippen LogP contribution in [0.25, 0.3) is 0 Å². The highest BCUT2D eigenvalue weighted by Gasteiger charge is 2.18. The van der Waals surface area contributed by atoms with E-state index in [1.54, 1.807) is 6.08 Å². The highest BCUT2D eigenvalue weighted by atomic mass is 16.5. The maximum Gasteiger partial charge on any atom is 0.305 e. The molecule has 0 rings (SSSR count). The Labute approximate surface area is 501 Å². The van der Waals surface area contributed by atoms with Crippen LogP contribution in [0.5, 0.6) is 0 Å². The standard InChI is InChI=1S/C74H145NO5/c1-3-5-7-9-11-13-14-15-16-17-35-39-42-45-48-52-56-60-64-68-74(79)80-69-65-61-57-53-49-46-43-40-37-34-32-30-28-26-24-22-20-18-19-21-23-25-27-29-31-33-36-38-41-44-47-51-55-59-63-67-73(78)75-71(70-76)72(77)66-62-58-54-50-12-10-8-6-4-2/h62,66,71-72,76-77H,3-61,63-65,67-70H2,1-2H3,(H,75,78)/b66-62+. The van der Waals surface area contributed by atoms with Gasteiger partial charge in [0.05, 0.1) is 25.4 Å². The van der Waals surface area contributed by atoms with Crippen LogP contribution in [0.15, 0.2) is 12.2 Å². The van der Waals surface area contributed by atoms with Gasteiger partial charge in [-0.15, -0.1) is 0 Å². The monoisotopic (exact) mass is 1130 g/mol. The van der Waals surface area contributed by atoms with Crippen LogP contribution < -0.4 is 5.32 Å². The first kappa shape index (κ1) is 78.6. The third kappa shape index (κ3) is 65.7. The zero-order valence-electron chi connectivity index (χ0n) is 54.6. The third-order valence-electron chi connectivity index (χ3n) is 17.6. The zero-order valence-corrected chi connectivity index (χ0v) is 54.6. The fraction of sp³-hybridized carbons (Fsp3) is 0.946. The van der Waals surface area contributed by atoms with Crippen molar-refractivity contribution in [3.63, 3.8) is 0 Å². The second-order valence-electron chi connectivity index (χ2n) is 25.6. The maximum atomic E-state index is 12.4. The van der Waals surface area contributed by atoms with Crippen LogP contribution in [0, 0.1) is 0 Å². The van der Waals surface area contributed by atoms with E-state index in [4.69, 9.17) is 4.74 Å². The summed E-state index contributed by atoms with van der Waals surface area (Å²) in [5.41, 5.74) is 0. The van der Waals surface area contributed by atoms with Gasteiger partial charge in [-0.25, -0.2) is 0 Å². The summed E-state index contributed by atoms with van der Waals surface area (Å²) in [6.45, 7) is 4.92. The van der Waals surface area contributed by atoms with Crippen molar-refractivity contribution in [3.05, 3.63) is 12.2 Å². The first-order valence-electron chi connectivity index (χ1n) is 37.0. The van der Waals surface area contributed by atoms with E-state index in [1.807, 2.05) is 6.08 Å². The molecule has 80 heavy (non-hydrogen) atoms. The molecule has 0 heterocycles. The summed E-state index contributed by atoms with van der Waals surface area (Å²) in [6.07, 6.45) is 87.7. The molecule has 0 aromatic heterocycles. The number of rotatable bonds is 70. The molecule has 0 fully saturated rings. The number of nitrogens with one attached hydrogen (secondary N) is 1. The number of amides is 1. The van der Waals surface area contributed by atoms with Crippen molar-refractivity contribution >= 4 is 11.9 Å². The Hall–Kier alpha value is -1.40. The van der Waals surface area contributed by atoms with Crippen molar-refractivity contribution in [2.24, 2.45) is 0 Å². The molecule has 6 heteroatoms. The fourth-order valence-corrected chi connectivity index (χ4v) is 11.9. The molecule has 0 radical (unpaired) electrons. The Balaban J connectivity index is 3.26. The van der Waals surface area contributed by atoms with Gasteiger partial charge >= 0.3 is 5.97 Å². The molecular formula is C74H145NO5. The van der Waals surface area contributed by atoms with E-state index in [2.05, 4.69) is 19.2 Å². The van der Waals surface area contributed by atoms with Gasteiger partial charge in [-0.2, -0.15) is 0 Å². The summed E-state index contributed by atoms with van der Waals surface area (Å²) in [6, 6.07) is -0.621. The minimum atomic E-state index is -0.837. The van der Waals surface area contributed by atoms with E-state index < -0.39 is 12.1 Å². The van der Waals surface area contributed by atoms with Crippen molar-refractivity contribution in [1.82, 2.24) is 5.32 Å². The average Bonchev–Trinajstić information content (AvgIpc) is 3.46. The molecule has 0 aromatic carbocycles. The van der Waals surface area contributed by atoms with Crippen molar-refractivity contribution in [1.29, 1.82) is 0 Å². The molecule has 0 aliphatic rings. The van der Waals surface area contributed by atoms with Gasteiger partial charge in [-0.3, -0.25) is 9.59 Å². The Morgan fingerprint density at radius 2 is 0.575 bits per heavy atom. The molecule has 0 aromatic rings. The lowest BCUT2D eigenvalue weighted by atomic mass is 10.0. The number of aliphatic hydroxyl groups is 2. The Morgan fingerprint density at radius 1 is 0.338 bits per heavy atom. The third-order valence-corrected chi connectivity index (χ3v) is 17.6. The topological polar surface area (TPSA) is 95.9 Å². The van der Waals surface area contributed by atoms with Crippen molar-refractivity contribution in [2.75, 3.05) is 13.2 Å². The van der Waals surface area contributed by atoms with E-state index in [0.29, 0.717) is 19.4 Å². The van der Waals surface area contributed by atoms with Crippen LogP contribution in [0.4, 0.5) is 0 Å². The van der Waals surface area contributed by atoms with Gasteiger partial charge in [-0.05, 0) is 32.1 Å². The largest absolute Gasteiger partial charge is 0.466 e. The number of carbonyl (C=O) groups is 2. The van der Waals surface area contributed by atoms with Crippen molar-refractivity contribution < 1.29 is 24.5 Å². The van der Waals surface area contributed by atoms with Crippen molar-refractivity contribution in [3.8, 4) is 0 Å². The minimum Gasteiger partial charge on any atom is -0.466 e. The molecule has 2 unspecified atom stereocenters. The van der Waals surface area contributed by atoms with Gasteiger partial charge in [-0.1, -0.05) is 392 Å². The normalized spacial score (nSPS) is 12.5. The van der Waals surface area contributed by atoms with Crippen LogP contribution in [-0.2, 0) is 14.3 Å². The summed E-state index contributed by atoms with van der Waals surface area (Å²) in [7, 11) is 0. The zero-order chi connectivity index (χ0) is 57.8. The van der Waals surface area contributed by atoms with E-state index in [-0.39, 0.29) is 18.5 Å². The van der Waals surface area contributed by atoms with E-state index in [9.17, 15) is 19.8 Å². The molecule has 6 nitrogen and oxygen atoms in total.